The summed E-state index contributed by atoms with van der Waals surface area (Å²) in [6.45, 7) is -1.61. The largest absolute Gasteiger partial charge is 0.326 e. The van der Waals surface area contributed by atoms with Crippen molar-refractivity contribution in [3.63, 3.8) is 0 Å². The summed E-state index contributed by atoms with van der Waals surface area (Å²) < 4.78 is 52.0. The molecule has 92 valence electrons. The van der Waals surface area contributed by atoms with Gasteiger partial charge in [0.05, 0.1) is 13.1 Å². The summed E-state index contributed by atoms with van der Waals surface area (Å²) in [6.07, 6.45) is 0. The Morgan fingerprint density at radius 2 is 1.71 bits per heavy atom. The van der Waals surface area contributed by atoms with E-state index >= 15 is 0 Å². The number of benzene rings is 1. The molecule has 0 bridgehead atoms. The first kappa shape index (κ1) is 12.3. The van der Waals surface area contributed by atoms with Crippen LogP contribution in [0.25, 0.3) is 0 Å². The number of likely N-dealkylation sites (tertiary alicyclic amines) is 1. The van der Waals surface area contributed by atoms with Crippen molar-refractivity contribution in [3.8, 4) is 0 Å². The second kappa shape index (κ2) is 3.97. The summed E-state index contributed by atoms with van der Waals surface area (Å²) in [5.41, 5.74) is -0.802. The van der Waals surface area contributed by atoms with Gasteiger partial charge in [-0.15, -0.1) is 0 Å². The summed E-state index contributed by atoms with van der Waals surface area (Å²) in [7, 11) is 0. The molecule has 0 spiro atoms. The molecule has 0 aromatic heterocycles. The molecule has 1 heterocycles. The van der Waals surface area contributed by atoms with Crippen molar-refractivity contribution in [1.82, 2.24) is 4.90 Å². The lowest BCUT2D eigenvalue weighted by Gasteiger charge is -2.38. The minimum Gasteiger partial charge on any atom is -0.326 e. The molecule has 0 atom stereocenters. The highest BCUT2D eigenvalue weighted by molar-refractivity contribution is 9.10. The van der Waals surface area contributed by atoms with Crippen LogP contribution in [0.2, 0.25) is 0 Å². The van der Waals surface area contributed by atoms with Crippen LogP contribution in [0.15, 0.2) is 16.6 Å². The maximum absolute atomic E-state index is 13.4. The number of hydrogen-bond donors (Lipinski definition) is 0. The molecule has 1 amide bonds. The van der Waals surface area contributed by atoms with Crippen LogP contribution >= 0.6 is 15.9 Å². The molecule has 1 fully saturated rings. The van der Waals surface area contributed by atoms with Gasteiger partial charge in [-0.05, 0) is 12.1 Å². The van der Waals surface area contributed by atoms with Crippen LogP contribution in [-0.4, -0.2) is 29.8 Å². The third kappa shape index (κ3) is 2.29. The number of hydrogen-bond acceptors (Lipinski definition) is 1. The fraction of sp³-hybridized carbons (Fsp3) is 0.300. The van der Waals surface area contributed by atoms with Gasteiger partial charge in [0.2, 0.25) is 0 Å². The van der Waals surface area contributed by atoms with E-state index in [9.17, 15) is 22.4 Å². The van der Waals surface area contributed by atoms with Gasteiger partial charge >= 0.3 is 0 Å². The second-order valence-electron chi connectivity index (χ2n) is 3.76. The van der Waals surface area contributed by atoms with Gasteiger partial charge in [0.1, 0.15) is 17.2 Å². The van der Waals surface area contributed by atoms with Crippen LogP contribution in [0.1, 0.15) is 10.4 Å². The van der Waals surface area contributed by atoms with Crippen molar-refractivity contribution in [2.45, 2.75) is 5.92 Å². The molecule has 2 rings (SSSR count). The molecule has 1 aromatic rings. The zero-order valence-electron chi connectivity index (χ0n) is 8.31. The van der Waals surface area contributed by atoms with E-state index in [2.05, 4.69) is 15.9 Å². The van der Waals surface area contributed by atoms with E-state index in [1.165, 1.54) is 0 Å². The second-order valence-corrected chi connectivity index (χ2v) is 4.68. The average molecular weight is 312 g/mol. The van der Waals surface area contributed by atoms with Gasteiger partial charge in [0.25, 0.3) is 11.8 Å². The van der Waals surface area contributed by atoms with Crippen molar-refractivity contribution < 1.29 is 22.4 Å². The minimum atomic E-state index is -2.96. The molecule has 2 nitrogen and oxygen atoms in total. The predicted octanol–water partition coefficient (Wildman–Crippen LogP) is 2.82. The maximum atomic E-state index is 13.4. The van der Waals surface area contributed by atoms with E-state index in [1.807, 2.05) is 0 Å². The van der Waals surface area contributed by atoms with Crippen LogP contribution in [0.5, 0.6) is 0 Å². The van der Waals surface area contributed by atoms with Crippen LogP contribution < -0.4 is 0 Å². The number of amides is 1. The fourth-order valence-corrected chi connectivity index (χ4v) is 1.96. The van der Waals surface area contributed by atoms with Gasteiger partial charge in [-0.3, -0.25) is 4.79 Å². The summed E-state index contributed by atoms with van der Waals surface area (Å²) in [5, 5.41) is 0. The highest BCUT2D eigenvalue weighted by Gasteiger charge is 2.47. The van der Waals surface area contributed by atoms with E-state index in [0.717, 1.165) is 12.1 Å². The van der Waals surface area contributed by atoms with Crippen molar-refractivity contribution in [3.05, 3.63) is 33.8 Å². The van der Waals surface area contributed by atoms with Crippen LogP contribution in [0, 0.1) is 11.6 Å². The molecule has 0 N–H and O–H groups in total. The summed E-state index contributed by atoms with van der Waals surface area (Å²) in [6, 6.07) is 1.82. The Bertz CT molecular complexity index is 460. The van der Waals surface area contributed by atoms with Crippen LogP contribution in [0.3, 0.4) is 0 Å². The van der Waals surface area contributed by atoms with Crippen LogP contribution in [-0.2, 0) is 0 Å². The molecular formula is C10H6BrF4NO. The van der Waals surface area contributed by atoms with E-state index in [4.69, 9.17) is 0 Å². The number of carbonyl (C=O) groups excluding carboxylic acids is 1. The normalized spacial score (nSPS) is 17.8. The zero-order chi connectivity index (χ0) is 12.8. The Kier molecular flexibility index (Phi) is 2.89. The van der Waals surface area contributed by atoms with Gasteiger partial charge in [-0.2, -0.15) is 0 Å². The number of rotatable bonds is 1. The van der Waals surface area contributed by atoms with Gasteiger partial charge in [-0.25, -0.2) is 17.6 Å². The number of halogens is 5. The molecule has 1 aliphatic rings. The molecule has 0 radical (unpaired) electrons. The highest BCUT2D eigenvalue weighted by atomic mass is 79.9. The van der Waals surface area contributed by atoms with Gasteiger partial charge in [0.15, 0.2) is 0 Å². The SMILES string of the molecule is O=C(c1c(F)cc(Br)cc1F)N1CC(F)(F)C1. The molecule has 1 saturated heterocycles. The fourth-order valence-electron chi connectivity index (χ4n) is 1.56. The van der Waals surface area contributed by atoms with Crippen molar-refractivity contribution in [2.75, 3.05) is 13.1 Å². The third-order valence-corrected chi connectivity index (χ3v) is 2.81. The quantitative estimate of drug-likeness (QED) is 0.730. The van der Waals surface area contributed by atoms with Gasteiger partial charge in [0, 0.05) is 4.47 Å². The topological polar surface area (TPSA) is 20.3 Å². The molecule has 1 aliphatic heterocycles. The Balaban J connectivity index is 2.27. The third-order valence-electron chi connectivity index (χ3n) is 2.35. The maximum Gasteiger partial charge on any atom is 0.282 e. The van der Waals surface area contributed by atoms with Crippen LogP contribution in [0.4, 0.5) is 17.6 Å². The number of nitrogens with zero attached hydrogens (tertiary/aromatic N) is 1. The van der Waals surface area contributed by atoms with Gasteiger partial charge < -0.3 is 4.90 Å². The van der Waals surface area contributed by atoms with E-state index in [-0.39, 0.29) is 4.47 Å². The van der Waals surface area contributed by atoms with E-state index in [0.29, 0.717) is 4.90 Å². The first-order valence-corrected chi connectivity index (χ1v) is 5.41. The molecule has 1 aromatic carbocycles. The molecule has 0 unspecified atom stereocenters. The lowest BCUT2D eigenvalue weighted by Crippen LogP contribution is -2.58. The number of carbonyl (C=O) groups is 1. The van der Waals surface area contributed by atoms with E-state index < -0.39 is 42.1 Å². The van der Waals surface area contributed by atoms with Crippen molar-refractivity contribution >= 4 is 21.8 Å². The summed E-state index contributed by atoms with van der Waals surface area (Å²) >= 11 is 2.86. The standard InChI is InChI=1S/C10H6BrF4NO/c11-5-1-6(12)8(7(13)2-5)9(17)16-3-10(14,15)4-16/h1-2H,3-4H2. The Morgan fingerprint density at radius 1 is 1.24 bits per heavy atom. The van der Waals surface area contributed by atoms with Gasteiger partial charge in [-0.1, -0.05) is 15.9 Å². The Labute approximate surface area is 102 Å². The molecular weight excluding hydrogens is 306 g/mol. The molecule has 0 aliphatic carbocycles. The zero-order valence-corrected chi connectivity index (χ0v) is 9.90. The summed E-state index contributed by atoms with van der Waals surface area (Å²) in [5.74, 6) is -6.16. The Morgan fingerprint density at radius 3 is 2.12 bits per heavy atom. The smallest absolute Gasteiger partial charge is 0.282 e. The van der Waals surface area contributed by atoms with Crippen molar-refractivity contribution in [1.29, 1.82) is 0 Å². The summed E-state index contributed by atoms with van der Waals surface area (Å²) in [4.78, 5) is 12.3. The predicted molar refractivity (Wildman–Crippen MR) is 54.9 cm³/mol. The lowest BCUT2D eigenvalue weighted by atomic mass is 10.1. The average Bonchev–Trinajstić information content (AvgIpc) is 2.11. The lowest BCUT2D eigenvalue weighted by molar-refractivity contribution is -0.113. The van der Waals surface area contributed by atoms with E-state index in [1.54, 1.807) is 0 Å². The molecule has 7 heteroatoms. The Hall–Kier alpha value is -1.11. The monoisotopic (exact) mass is 311 g/mol. The minimum absolute atomic E-state index is 0.137. The first-order valence-electron chi connectivity index (χ1n) is 4.62. The highest BCUT2D eigenvalue weighted by Crippen LogP contribution is 2.29. The first-order chi connectivity index (χ1) is 7.80. The number of alkyl halides is 2. The van der Waals surface area contributed by atoms with Crippen molar-refractivity contribution in [2.24, 2.45) is 0 Å². The molecule has 0 saturated carbocycles. The molecule has 17 heavy (non-hydrogen) atoms.